The Morgan fingerprint density at radius 3 is 2.25 bits per heavy atom. The van der Waals surface area contributed by atoms with Gasteiger partial charge in [-0.3, -0.25) is 9.59 Å². The molecule has 0 saturated carbocycles. The van der Waals surface area contributed by atoms with Gasteiger partial charge in [0.25, 0.3) is 5.91 Å². The highest BCUT2D eigenvalue weighted by molar-refractivity contribution is 9.10. The number of rotatable bonds is 4. The van der Waals surface area contributed by atoms with Crippen LogP contribution in [-0.2, 0) is 19.1 Å². The third kappa shape index (κ3) is 6.82. The van der Waals surface area contributed by atoms with Crippen molar-refractivity contribution < 1.29 is 23.9 Å². The standard InChI is InChI=1S/C20H27BrN2O5/c1-13(17(24)22-16-7-5-15(21)6-8-16)27-18(25)14-9-11-23(12-10-14)19(26)28-20(2,3)4/h5-8,13-14H,9-12H2,1-4H3,(H,22,24). The van der Waals surface area contributed by atoms with Crippen molar-refractivity contribution >= 4 is 39.6 Å². The number of likely N-dealkylation sites (tertiary alicyclic amines) is 1. The van der Waals surface area contributed by atoms with Gasteiger partial charge >= 0.3 is 12.1 Å². The maximum atomic E-state index is 12.4. The fourth-order valence-corrected chi connectivity index (χ4v) is 2.99. The Morgan fingerprint density at radius 2 is 1.71 bits per heavy atom. The van der Waals surface area contributed by atoms with Gasteiger partial charge in [-0.1, -0.05) is 15.9 Å². The van der Waals surface area contributed by atoms with E-state index in [2.05, 4.69) is 21.2 Å². The van der Waals surface area contributed by atoms with Gasteiger partial charge in [-0.25, -0.2) is 4.79 Å². The van der Waals surface area contributed by atoms with Gasteiger partial charge in [0, 0.05) is 23.2 Å². The van der Waals surface area contributed by atoms with Crippen molar-refractivity contribution in [1.29, 1.82) is 0 Å². The molecule has 1 N–H and O–H groups in total. The fourth-order valence-electron chi connectivity index (χ4n) is 2.73. The maximum absolute atomic E-state index is 12.4. The zero-order valence-electron chi connectivity index (χ0n) is 16.7. The van der Waals surface area contributed by atoms with Gasteiger partial charge in [0.1, 0.15) is 5.60 Å². The lowest BCUT2D eigenvalue weighted by Crippen LogP contribution is -2.43. The first kappa shape index (κ1) is 22.2. The van der Waals surface area contributed by atoms with Crippen LogP contribution in [0.2, 0.25) is 0 Å². The second-order valence-corrected chi connectivity index (χ2v) is 8.73. The number of carbonyl (C=O) groups is 3. The predicted molar refractivity (Wildman–Crippen MR) is 109 cm³/mol. The Morgan fingerprint density at radius 1 is 1.14 bits per heavy atom. The van der Waals surface area contributed by atoms with E-state index in [-0.39, 0.29) is 17.9 Å². The summed E-state index contributed by atoms with van der Waals surface area (Å²) >= 11 is 3.33. The van der Waals surface area contributed by atoms with E-state index in [4.69, 9.17) is 9.47 Å². The molecule has 7 nitrogen and oxygen atoms in total. The average molecular weight is 455 g/mol. The van der Waals surface area contributed by atoms with Crippen LogP contribution in [0.15, 0.2) is 28.7 Å². The minimum atomic E-state index is -0.903. The Balaban J connectivity index is 1.79. The third-order valence-electron chi connectivity index (χ3n) is 4.25. The molecule has 1 atom stereocenters. The Bertz CT molecular complexity index is 706. The Kier molecular flexibility index (Phi) is 7.46. The topological polar surface area (TPSA) is 84.9 Å². The van der Waals surface area contributed by atoms with Crippen LogP contribution in [-0.4, -0.2) is 47.7 Å². The van der Waals surface area contributed by atoms with E-state index in [0.717, 1.165) is 4.47 Å². The number of anilines is 1. The summed E-state index contributed by atoms with van der Waals surface area (Å²) in [7, 11) is 0. The van der Waals surface area contributed by atoms with Crippen molar-refractivity contribution in [2.45, 2.75) is 52.2 Å². The fraction of sp³-hybridized carbons (Fsp3) is 0.550. The summed E-state index contributed by atoms with van der Waals surface area (Å²) in [6, 6.07) is 7.13. The molecule has 8 heteroatoms. The lowest BCUT2D eigenvalue weighted by molar-refractivity contribution is -0.158. The molecule has 0 aliphatic carbocycles. The number of halogens is 1. The van der Waals surface area contributed by atoms with Crippen LogP contribution in [0.3, 0.4) is 0 Å². The second kappa shape index (κ2) is 9.41. The Hall–Kier alpha value is -2.09. The van der Waals surface area contributed by atoms with E-state index < -0.39 is 17.7 Å². The number of ether oxygens (including phenoxy) is 2. The van der Waals surface area contributed by atoms with Crippen molar-refractivity contribution in [2.75, 3.05) is 18.4 Å². The van der Waals surface area contributed by atoms with Gasteiger partial charge in [0.15, 0.2) is 6.10 Å². The van der Waals surface area contributed by atoms with Crippen molar-refractivity contribution in [1.82, 2.24) is 4.90 Å². The molecule has 1 unspecified atom stereocenters. The first-order chi connectivity index (χ1) is 13.0. The van der Waals surface area contributed by atoms with Crippen molar-refractivity contribution in [3.8, 4) is 0 Å². The van der Waals surface area contributed by atoms with Gasteiger partial charge in [-0.2, -0.15) is 0 Å². The lowest BCUT2D eigenvalue weighted by atomic mass is 9.97. The summed E-state index contributed by atoms with van der Waals surface area (Å²) in [5.74, 6) is -1.13. The average Bonchev–Trinajstić information content (AvgIpc) is 2.62. The minimum Gasteiger partial charge on any atom is -0.452 e. The molecule has 1 aliphatic heterocycles. The quantitative estimate of drug-likeness (QED) is 0.695. The highest BCUT2D eigenvalue weighted by Crippen LogP contribution is 2.22. The molecule has 28 heavy (non-hydrogen) atoms. The molecule has 1 fully saturated rings. The first-order valence-corrected chi connectivity index (χ1v) is 10.1. The summed E-state index contributed by atoms with van der Waals surface area (Å²) in [5.41, 5.74) is 0.0755. The molecule has 1 aromatic carbocycles. The number of hydrogen-bond donors (Lipinski definition) is 1. The monoisotopic (exact) mass is 454 g/mol. The van der Waals surface area contributed by atoms with Gasteiger partial charge in [-0.05, 0) is 64.8 Å². The van der Waals surface area contributed by atoms with Gasteiger partial charge in [0.2, 0.25) is 0 Å². The van der Waals surface area contributed by atoms with Crippen molar-refractivity contribution in [3.63, 3.8) is 0 Å². The molecular weight excluding hydrogens is 428 g/mol. The van der Waals surface area contributed by atoms with Crippen LogP contribution < -0.4 is 5.32 Å². The van der Waals surface area contributed by atoms with Crippen LogP contribution in [0.5, 0.6) is 0 Å². The summed E-state index contributed by atoms with van der Waals surface area (Å²) in [6.07, 6.45) is -0.306. The minimum absolute atomic E-state index is 0.332. The van der Waals surface area contributed by atoms with E-state index in [1.54, 1.807) is 24.0 Å². The first-order valence-electron chi connectivity index (χ1n) is 9.30. The SMILES string of the molecule is CC(OC(=O)C1CCN(C(=O)OC(C)(C)C)CC1)C(=O)Nc1ccc(Br)cc1. The van der Waals surface area contributed by atoms with Crippen LogP contribution in [0, 0.1) is 5.92 Å². The predicted octanol–water partition coefficient (Wildman–Crippen LogP) is 3.97. The molecule has 0 radical (unpaired) electrons. The molecule has 0 spiro atoms. The van der Waals surface area contributed by atoms with Crippen molar-refractivity contribution in [3.05, 3.63) is 28.7 Å². The van der Waals surface area contributed by atoms with Gasteiger partial charge in [0.05, 0.1) is 5.92 Å². The number of piperidine rings is 1. The maximum Gasteiger partial charge on any atom is 0.410 e. The molecule has 1 aromatic rings. The highest BCUT2D eigenvalue weighted by atomic mass is 79.9. The summed E-state index contributed by atoms with van der Waals surface area (Å²) in [4.78, 5) is 38.3. The number of nitrogens with one attached hydrogen (secondary N) is 1. The number of esters is 1. The van der Waals surface area contributed by atoms with E-state index >= 15 is 0 Å². The number of nitrogens with zero attached hydrogens (tertiary/aromatic N) is 1. The summed E-state index contributed by atoms with van der Waals surface area (Å²) < 4.78 is 11.6. The molecule has 154 valence electrons. The number of carbonyl (C=O) groups excluding carboxylic acids is 3. The number of hydrogen-bond acceptors (Lipinski definition) is 5. The number of benzene rings is 1. The largest absolute Gasteiger partial charge is 0.452 e. The molecule has 2 amide bonds. The highest BCUT2D eigenvalue weighted by Gasteiger charge is 2.32. The van der Waals surface area contributed by atoms with E-state index in [0.29, 0.717) is 31.6 Å². The zero-order chi connectivity index (χ0) is 20.9. The molecule has 1 heterocycles. The van der Waals surface area contributed by atoms with E-state index in [1.807, 2.05) is 32.9 Å². The normalized spacial score (nSPS) is 16.2. The molecule has 0 bridgehead atoms. The number of amides is 2. The molecule has 2 rings (SSSR count). The van der Waals surface area contributed by atoms with Crippen LogP contribution in [0.1, 0.15) is 40.5 Å². The second-order valence-electron chi connectivity index (χ2n) is 7.82. The van der Waals surface area contributed by atoms with Crippen molar-refractivity contribution in [2.24, 2.45) is 5.92 Å². The summed E-state index contributed by atoms with van der Waals surface area (Å²) in [5, 5.41) is 2.71. The summed E-state index contributed by atoms with van der Waals surface area (Å²) in [6.45, 7) is 7.84. The molecule has 1 saturated heterocycles. The van der Waals surface area contributed by atoms with Crippen LogP contribution in [0.4, 0.5) is 10.5 Å². The smallest absolute Gasteiger partial charge is 0.410 e. The van der Waals surface area contributed by atoms with Crippen LogP contribution >= 0.6 is 15.9 Å². The van der Waals surface area contributed by atoms with Gasteiger partial charge < -0.3 is 19.7 Å². The molecule has 0 aromatic heterocycles. The zero-order valence-corrected chi connectivity index (χ0v) is 18.2. The van der Waals surface area contributed by atoms with E-state index in [9.17, 15) is 14.4 Å². The Labute approximate surface area is 173 Å². The van der Waals surface area contributed by atoms with E-state index in [1.165, 1.54) is 0 Å². The molecular formula is C20H27BrN2O5. The van der Waals surface area contributed by atoms with Crippen LogP contribution in [0.25, 0.3) is 0 Å². The third-order valence-corrected chi connectivity index (χ3v) is 4.78. The molecule has 1 aliphatic rings. The lowest BCUT2D eigenvalue weighted by Gasteiger charge is -2.32. The van der Waals surface area contributed by atoms with Gasteiger partial charge in [-0.15, -0.1) is 0 Å².